The zero-order valence-electron chi connectivity index (χ0n) is 13.7. The van der Waals surface area contributed by atoms with Crippen LogP contribution in [-0.2, 0) is 4.79 Å². The molecule has 2 aromatic rings. The molecule has 24 heavy (non-hydrogen) atoms. The van der Waals surface area contributed by atoms with Gasteiger partial charge in [-0.1, -0.05) is 0 Å². The van der Waals surface area contributed by atoms with Crippen LogP contribution in [0, 0.1) is 0 Å². The quantitative estimate of drug-likeness (QED) is 0.791. The fourth-order valence-electron chi connectivity index (χ4n) is 2.04. The number of carbonyl (C=O) groups is 2. The Morgan fingerprint density at radius 2 is 1.71 bits per heavy atom. The first-order valence-corrected chi connectivity index (χ1v) is 7.32. The van der Waals surface area contributed by atoms with Gasteiger partial charge in [0, 0.05) is 17.3 Å². The highest BCUT2D eigenvalue weighted by Gasteiger charge is 2.16. The van der Waals surface area contributed by atoms with Gasteiger partial charge >= 0.3 is 0 Å². The molecule has 126 valence electrons. The molecule has 0 spiro atoms. The Kier molecular flexibility index (Phi) is 5.78. The van der Waals surface area contributed by atoms with Crippen molar-refractivity contribution in [1.29, 1.82) is 0 Å². The third kappa shape index (κ3) is 4.25. The molecule has 1 amide bonds. The lowest BCUT2D eigenvalue weighted by Crippen LogP contribution is -2.30. The van der Waals surface area contributed by atoms with Crippen molar-refractivity contribution in [1.82, 2.24) is 0 Å². The van der Waals surface area contributed by atoms with Crippen molar-refractivity contribution in [2.75, 3.05) is 19.5 Å². The van der Waals surface area contributed by atoms with Gasteiger partial charge in [-0.15, -0.1) is 0 Å². The minimum Gasteiger partial charge on any atom is -0.493 e. The average Bonchev–Trinajstić information content (AvgIpc) is 2.62. The van der Waals surface area contributed by atoms with Gasteiger partial charge in [0.1, 0.15) is 12.0 Å². The fraction of sp³-hybridized carbons (Fsp3) is 0.222. The predicted octanol–water partition coefficient (Wildman–Crippen LogP) is 2.92. The standard InChI is InChI=1S/C18H19NO5/c1-12(24-15-7-4-13(11-20)5-8-15)18(21)19-14-6-9-16(22-2)17(10-14)23-3/h4-12H,1-3H3,(H,19,21). The number of hydrogen-bond acceptors (Lipinski definition) is 5. The van der Waals surface area contributed by atoms with E-state index in [0.717, 1.165) is 6.29 Å². The Morgan fingerprint density at radius 3 is 2.29 bits per heavy atom. The maximum Gasteiger partial charge on any atom is 0.265 e. The van der Waals surface area contributed by atoms with Crippen LogP contribution in [0.15, 0.2) is 42.5 Å². The van der Waals surface area contributed by atoms with Gasteiger partial charge in [-0.05, 0) is 43.3 Å². The first-order valence-electron chi connectivity index (χ1n) is 7.32. The largest absolute Gasteiger partial charge is 0.493 e. The molecule has 0 bridgehead atoms. The molecule has 0 fully saturated rings. The predicted molar refractivity (Wildman–Crippen MR) is 90.1 cm³/mol. The molecule has 1 unspecified atom stereocenters. The fourth-order valence-corrected chi connectivity index (χ4v) is 2.04. The number of benzene rings is 2. The zero-order valence-corrected chi connectivity index (χ0v) is 13.7. The lowest BCUT2D eigenvalue weighted by molar-refractivity contribution is -0.122. The van der Waals surface area contributed by atoms with Crippen molar-refractivity contribution in [3.8, 4) is 17.2 Å². The molecule has 2 rings (SSSR count). The molecule has 0 saturated carbocycles. The highest BCUT2D eigenvalue weighted by molar-refractivity contribution is 5.94. The summed E-state index contributed by atoms with van der Waals surface area (Å²) in [5.41, 5.74) is 1.12. The van der Waals surface area contributed by atoms with Crippen LogP contribution in [0.4, 0.5) is 5.69 Å². The van der Waals surface area contributed by atoms with Gasteiger partial charge in [-0.3, -0.25) is 9.59 Å². The number of nitrogens with one attached hydrogen (secondary N) is 1. The van der Waals surface area contributed by atoms with Crippen LogP contribution in [0.2, 0.25) is 0 Å². The lowest BCUT2D eigenvalue weighted by Gasteiger charge is -2.15. The molecule has 0 aliphatic heterocycles. The summed E-state index contributed by atoms with van der Waals surface area (Å²) in [6, 6.07) is 11.6. The normalized spacial score (nSPS) is 11.3. The minimum atomic E-state index is -0.708. The van der Waals surface area contributed by atoms with E-state index in [1.165, 1.54) is 7.11 Å². The number of ether oxygens (including phenoxy) is 3. The Bertz CT molecular complexity index is 712. The Balaban J connectivity index is 2.01. The number of rotatable bonds is 7. The molecule has 1 atom stereocenters. The van der Waals surface area contributed by atoms with Crippen molar-refractivity contribution in [2.45, 2.75) is 13.0 Å². The van der Waals surface area contributed by atoms with Crippen LogP contribution in [0.1, 0.15) is 17.3 Å². The van der Waals surface area contributed by atoms with Crippen molar-refractivity contribution in [2.24, 2.45) is 0 Å². The summed E-state index contributed by atoms with van der Waals surface area (Å²) in [6.45, 7) is 1.64. The smallest absolute Gasteiger partial charge is 0.265 e. The molecular weight excluding hydrogens is 310 g/mol. The highest BCUT2D eigenvalue weighted by atomic mass is 16.5. The molecule has 6 heteroatoms. The number of aldehydes is 1. The Morgan fingerprint density at radius 1 is 1.04 bits per heavy atom. The first kappa shape index (κ1) is 17.3. The second-order valence-corrected chi connectivity index (χ2v) is 5.01. The molecular formula is C18H19NO5. The summed E-state index contributed by atoms with van der Waals surface area (Å²) in [4.78, 5) is 22.9. The van der Waals surface area contributed by atoms with Crippen LogP contribution in [0.5, 0.6) is 17.2 Å². The molecule has 0 aliphatic rings. The summed E-state index contributed by atoms with van der Waals surface area (Å²) >= 11 is 0. The third-order valence-electron chi connectivity index (χ3n) is 3.35. The van der Waals surface area contributed by atoms with E-state index in [-0.39, 0.29) is 5.91 Å². The van der Waals surface area contributed by atoms with Crippen LogP contribution >= 0.6 is 0 Å². The van der Waals surface area contributed by atoms with Gasteiger partial charge in [0.05, 0.1) is 14.2 Å². The summed E-state index contributed by atoms with van der Waals surface area (Å²) in [5.74, 6) is 1.31. The Hall–Kier alpha value is -3.02. The van der Waals surface area contributed by atoms with Crippen LogP contribution in [0.3, 0.4) is 0 Å². The molecule has 0 radical (unpaired) electrons. The van der Waals surface area contributed by atoms with Gasteiger partial charge in [-0.2, -0.15) is 0 Å². The highest BCUT2D eigenvalue weighted by Crippen LogP contribution is 2.29. The molecule has 0 saturated heterocycles. The molecule has 0 aromatic heterocycles. The van der Waals surface area contributed by atoms with Gasteiger partial charge in [0.15, 0.2) is 17.6 Å². The van der Waals surface area contributed by atoms with E-state index in [1.807, 2.05) is 0 Å². The van der Waals surface area contributed by atoms with E-state index in [1.54, 1.807) is 56.5 Å². The summed E-state index contributed by atoms with van der Waals surface area (Å²) in [5, 5.41) is 2.75. The van der Waals surface area contributed by atoms with Crippen LogP contribution in [-0.4, -0.2) is 32.5 Å². The van der Waals surface area contributed by atoms with Gasteiger partial charge < -0.3 is 19.5 Å². The third-order valence-corrected chi connectivity index (χ3v) is 3.35. The second kappa shape index (κ2) is 8.01. The average molecular weight is 329 g/mol. The van der Waals surface area contributed by atoms with E-state index in [0.29, 0.717) is 28.5 Å². The van der Waals surface area contributed by atoms with E-state index < -0.39 is 6.10 Å². The number of hydrogen-bond donors (Lipinski definition) is 1. The molecule has 0 aliphatic carbocycles. The Labute approximate surface area is 140 Å². The van der Waals surface area contributed by atoms with Gasteiger partial charge in [-0.25, -0.2) is 0 Å². The zero-order chi connectivity index (χ0) is 17.5. The summed E-state index contributed by atoms with van der Waals surface area (Å²) in [6.07, 6.45) is 0.0388. The molecule has 1 N–H and O–H groups in total. The van der Waals surface area contributed by atoms with Crippen molar-refractivity contribution >= 4 is 17.9 Å². The van der Waals surface area contributed by atoms with E-state index in [4.69, 9.17) is 14.2 Å². The second-order valence-electron chi connectivity index (χ2n) is 5.01. The molecule has 2 aromatic carbocycles. The number of anilines is 1. The van der Waals surface area contributed by atoms with Crippen molar-refractivity contribution < 1.29 is 23.8 Å². The van der Waals surface area contributed by atoms with Crippen molar-refractivity contribution in [3.05, 3.63) is 48.0 Å². The van der Waals surface area contributed by atoms with Gasteiger partial charge in [0.25, 0.3) is 5.91 Å². The van der Waals surface area contributed by atoms with E-state index in [2.05, 4.69) is 5.32 Å². The van der Waals surface area contributed by atoms with Crippen LogP contribution in [0.25, 0.3) is 0 Å². The number of amides is 1. The van der Waals surface area contributed by atoms with Gasteiger partial charge in [0.2, 0.25) is 0 Å². The summed E-state index contributed by atoms with van der Waals surface area (Å²) in [7, 11) is 3.07. The SMILES string of the molecule is COc1ccc(NC(=O)C(C)Oc2ccc(C=O)cc2)cc1OC. The topological polar surface area (TPSA) is 73.9 Å². The minimum absolute atomic E-state index is 0.304. The maximum atomic E-state index is 12.2. The molecule has 0 heterocycles. The lowest BCUT2D eigenvalue weighted by atomic mass is 10.2. The summed E-state index contributed by atoms with van der Waals surface area (Å²) < 4.78 is 15.9. The molecule has 6 nitrogen and oxygen atoms in total. The van der Waals surface area contributed by atoms with E-state index >= 15 is 0 Å². The van der Waals surface area contributed by atoms with Crippen molar-refractivity contribution in [3.63, 3.8) is 0 Å². The maximum absolute atomic E-state index is 12.2. The number of carbonyl (C=O) groups excluding carboxylic acids is 2. The number of methoxy groups -OCH3 is 2. The first-order chi connectivity index (χ1) is 11.6. The monoisotopic (exact) mass is 329 g/mol. The van der Waals surface area contributed by atoms with E-state index in [9.17, 15) is 9.59 Å². The van der Waals surface area contributed by atoms with Crippen LogP contribution < -0.4 is 19.5 Å².